The molecule has 3 aromatic rings. The summed E-state index contributed by atoms with van der Waals surface area (Å²) in [7, 11) is 3.15. The molecule has 3 rings (SSSR count). The van der Waals surface area contributed by atoms with E-state index in [0.717, 1.165) is 16.8 Å². The van der Waals surface area contributed by atoms with E-state index in [1.54, 1.807) is 26.2 Å². The number of rotatable bonds is 3. The number of aromatic nitrogens is 2. The maximum atomic E-state index is 13.5. The molecule has 0 saturated carbocycles. The molecule has 0 fully saturated rings. The normalized spacial score (nSPS) is 11.7. The van der Waals surface area contributed by atoms with E-state index in [-0.39, 0.29) is 22.0 Å². The number of nitrogens with zero attached hydrogens (tertiary/aromatic N) is 3. The number of hydrogen-bond acceptors (Lipinski definition) is 3. The van der Waals surface area contributed by atoms with Crippen LogP contribution < -0.4 is 0 Å². The summed E-state index contributed by atoms with van der Waals surface area (Å²) in [6, 6.07) is 7.83. The molecule has 0 atom stereocenters. The van der Waals surface area contributed by atoms with Gasteiger partial charge >= 0.3 is 6.18 Å². The van der Waals surface area contributed by atoms with E-state index in [9.17, 15) is 22.8 Å². The number of benzene rings is 2. The predicted molar refractivity (Wildman–Crippen MR) is 103 cm³/mol. The average Bonchev–Trinajstić information content (AvgIpc) is 3.03. The highest BCUT2D eigenvalue weighted by molar-refractivity contribution is 6.34. The SMILES string of the molecule is CCc1nn(C(=O)c2c(Cl)cccc2C(F)(F)F)c2cc(C(=O)N(C)C)ccc12. The third-order valence-electron chi connectivity index (χ3n) is 4.47. The van der Waals surface area contributed by atoms with Crippen LogP contribution in [0.1, 0.15) is 38.9 Å². The van der Waals surface area contributed by atoms with Crippen molar-refractivity contribution in [1.29, 1.82) is 0 Å². The third-order valence-corrected chi connectivity index (χ3v) is 4.79. The van der Waals surface area contributed by atoms with Gasteiger partial charge in [0, 0.05) is 25.0 Å². The number of halogens is 4. The van der Waals surface area contributed by atoms with Crippen LogP contribution in [0.5, 0.6) is 0 Å². The molecule has 0 N–H and O–H groups in total. The Bertz CT molecular complexity index is 1120. The van der Waals surface area contributed by atoms with Gasteiger partial charge in [-0.15, -0.1) is 0 Å². The van der Waals surface area contributed by atoms with Gasteiger partial charge in [0.1, 0.15) is 0 Å². The third kappa shape index (κ3) is 3.72. The first-order chi connectivity index (χ1) is 13.6. The van der Waals surface area contributed by atoms with Crippen LogP contribution >= 0.6 is 11.6 Å². The van der Waals surface area contributed by atoms with Crippen molar-refractivity contribution >= 4 is 34.3 Å². The van der Waals surface area contributed by atoms with Crippen LogP contribution in [0.25, 0.3) is 10.9 Å². The Morgan fingerprint density at radius 3 is 2.45 bits per heavy atom. The number of fused-ring (bicyclic) bond motifs is 1. The Morgan fingerprint density at radius 2 is 1.86 bits per heavy atom. The number of aryl methyl sites for hydroxylation is 1. The van der Waals surface area contributed by atoms with Crippen molar-refractivity contribution in [1.82, 2.24) is 14.7 Å². The minimum Gasteiger partial charge on any atom is -0.345 e. The van der Waals surface area contributed by atoms with Crippen molar-refractivity contribution in [2.75, 3.05) is 14.1 Å². The van der Waals surface area contributed by atoms with Gasteiger partial charge in [0.15, 0.2) is 0 Å². The molecular formula is C20H17ClF3N3O2. The summed E-state index contributed by atoms with van der Waals surface area (Å²) in [4.78, 5) is 26.8. The highest BCUT2D eigenvalue weighted by Crippen LogP contribution is 2.36. The van der Waals surface area contributed by atoms with Crippen LogP contribution in [-0.2, 0) is 12.6 Å². The number of hydrogen-bond donors (Lipinski definition) is 0. The molecule has 152 valence electrons. The zero-order valence-corrected chi connectivity index (χ0v) is 16.6. The van der Waals surface area contributed by atoms with Crippen LogP contribution in [0.2, 0.25) is 5.02 Å². The van der Waals surface area contributed by atoms with Crippen LogP contribution in [0.3, 0.4) is 0 Å². The highest BCUT2D eigenvalue weighted by atomic mass is 35.5. The largest absolute Gasteiger partial charge is 0.417 e. The Balaban J connectivity index is 2.26. The van der Waals surface area contributed by atoms with Crippen molar-refractivity contribution in [2.24, 2.45) is 0 Å². The van der Waals surface area contributed by atoms with E-state index in [0.29, 0.717) is 17.5 Å². The molecule has 0 aliphatic rings. The lowest BCUT2D eigenvalue weighted by atomic mass is 10.1. The Labute approximate surface area is 169 Å². The molecule has 0 spiro atoms. The number of alkyl halides is 3. The fraction of sp³-hybridized carbons (Fsp3) is 0.250. The summed E-state index contributed by atoms with van der Waals surface area (Å²) in [6.45, 7) is 1.81. The summed E-state index contributed by atoms with van der Waals surface area (Å²) in [5, 5.41) is 4.46. The molecule has 0 unspecified atom stereocenters. The minimum absolute atomic E-state index is 0.243. The average molecular weight is 424 g/mol. The molecule has 1 heterocycles. The predicted octanol–water partition coefficient (Wildman–Crippen LogP) is 4.66. The van der Waals surface area contributed by atoms with E-state index in [1.807, 2.05) is 6.92 Å². The molecule has 0 aliphatic carbocycles. The maximum Gasteiger partial charge on any atom is 0.417 e. The fourth-order valence-electron chi connectivity index (χ4n) is 3.07. The van der Waals surface area contributed by atoms with Gasteiger partial charge in [0.2, 0.25) is 0 Å². The van der Waals surface area contributed by atoms with Gasteiger partial charge < -0.3 is 4.90 Å². The number of carbonyl (C=O) groups is 2. The molecule has 0 bridgehead atoms. The Hall–Kier alpha value is -2.87. The van der Waals surface area contributed by atoms with Gasteiger partial charge in [-0.25, -0.2) is 0 Å². The summed E-state index contributed by atoms with van der Waals surface area (Å²) in [5.41, 5.74) is -0.769. The van der Waals surface area contributed by atoms with Crippen molar-refractivity contribution in [3.8, 4) is 0 Å². The first-order valence-corrected chi connectivity index (χ1v) is 9.07. The minimum atomic E-state index is -4.77. The second kappa shape index (κ2) is 7.51. The molecule has 9 heteroatoms. The fourth-order valence-corrected chi connectivity index (χ4v) is 3.33. The van der Waals surface area contributed by atoms with Crippen molar-refractivity contribution in [3.05, 3.63) is 63.8 Å². The second-order valence-corrected chi connectivity index (χ2v) is 7.02. The smallest absolute Gasteiger partial charge is 0.345 e. The molecule has 0 radical (unpaired) electrons. The van der Waals surface area contributed by atoms with Crippen molar-refractivity contribution in [3.63, 3.8) is 0 Å². The number of carbonyl (C=O) groups excluding carboxylic acids is 2. The first-order valence-electron chi connectivity index (χ1n) is 8.70. The second-order valence-electron chi connectivity index (χ2n) is 6.61. The van der Waals surface area contributed by atoms with E-state index in [2.05, 4.69) is 5.10 Å². The topological polar surface area (TPSA) is 55.2 Å². The lowest BCUT2D eigenvalue weighted by Crippen LogP contribution is -2.22. The molecule has 2 aromatic carbocycles. The molecule has 29 heavy (non-hydrogen) atoms. The summed E-state index contributed by atoms with van der Waals surface area (Å²) in [6.07, 6.45) is -4.31. The zero-order valence-electron chi connectivity index (χ0n) is 15.8. The standard InChI is InChI=1S/C20H17ClF3N3O2/c1-4-15-12-9-8-11(18(28)26(2)3)10-16(12)27(25-15)19(29)17-13(20(22,23)24)6-5-7-14(17)21/h5-10H,4H2,1-3H3. The molecule has 5 nitrogen and oxygen atoms in total. The molecule has 1 amide bonds. The van der Waals surface area contributed by atoms with E-state index < -0.39 is 23.2 Å². The van der Waals surface area contributed by atoms with Crippen LogP contribution in [0.4, 0.5) is 13.2 Å². The lowest BCUT2D eigenvalue weighted by Gasteiger charge is -2.14. The van der Waals surface area contributed by atoms with E-state index in [4.69, 9.17) is 11.6 Å². The summed E-state index contributed by atoms with van der Waals surface area (Å²) >= 11 is 5.97. The van der Waals surface area contributed by atoms with Gasteiger partial charge in [0.25, 0.3) is 11.8 Å². The van der Waals surface area contributed by atoms with Gasteiger partial charge in [-0.2, -0.15) is 23.0 Å². The van der Waals surface area contributed by atoms with E-state index >= 15 is 0 Å². The van der Waals surface area contributed by atoms with Gasteiger partial charge in [0.05, 0.1) is 27.4 Å². The zero-order chi connectivity index (χ0) is 21.5. The van der Waals surface area contributed by atoms with Crippen molar-refractivity contribution < 1.29 is 22.8 Å². The molecule has 1 aromatic heterocycles. The van der Waals surface area contributed by atoms with Crippen LogP contribution in [-0.4, -0.2) is 40.6 Å². The van der Waals surface area contributed by atoms with E-state index in [1.165, 1.54) is 17.0 Å². The van der Waals surface area contributed by atoms with Crippen LogP contribution in [0, 0.1) is 0 Å². The van der Waals surface area contributed by atoms with Gasteiger partial charge in [-0.1, -0.05) is 30.7 Å². The van der Waals surface area contributed by atoms with Crippen molar-refractivity contribution in [2.45, 2.75) is 19.5 Å². The maximum absolute atomic E-state index is 13.5. The molecule has 0 saturated heterocycles. The number of amides is 1. The summed E-state index contributed by atoms with van der Waals surface area (Å²) < 4.78 is 41.3. The summed E-state index contributed by atoms with van der Waals surface area (Å²) in [5.74, 6) is -1.32. The Morgan fingerprint density at radius 1 is 1.17 bits per heavy atom. The first kappa shape index (κ1) is 20.9. The quantitative estimate of drug-likeness (QED) is 0.615. The van der Waals surface area contributed by atoms with Crippen LogP contribution in [0.15, 0.2) is 36.4 Å². The van der Waals surface area contributed by atoms with Gasteiger partial charge in [-0.05, 0) is 30.7 Å². The lowest BCUT2D eigenvalue weighted by molar-refractivity contribution is -0.137. The molecule has 0 aliphatic heterocycles. The monoisotopic (exact) mass is 423 g/mol. The van der Waals surface area contributed by atoms with Gasteiger partial charge in [-0.3, -0.25) is 9.59 Å². The Kier molecular flexibility index (Phi) is 5.40. The highest BCUT2D eigenvalue weighted by Gasteiger charge is 2.37. The molecular weight excluding hydrogens is 407 g/mol.